The van der Waals surface area contributed by atoms with E-state index < -0.39 is 0 Å². The highest BCUT2D eigenvalue weighted by Gasteiger charge is 2.04. The van der Waals surface area contributed by atoms with Crippen molar-refractivity contribution in [2.75, 3.05) is 0 Å². The maximum Gasteiger partial charge on any atom is 0.00761 e. The molecule has 1 heteroatoms. The van der Waals surface area contributed by atoms with E-state index in [1.165, 1.54) is 30.6 Å². The minimum atomic E-state index is 0.525. The van der Waals surface area contributed by atoms with Gasteiger partial charge in [0.05, 0.1) is 0 Å². The summed E-state index contributed by atoms with van der Waals surface area (Å²) in [6.07, 6.45) is 5.21. The van der Waals surface area contributed by atoms with Gasteiger partial charge in [-0.25, -0.2) is 0 Å². The fourth-order valence-corrected chi connectivity index (χ4v) is 2.09. The van der Waals surface area contributed by atoms with Gasteiger partial charge in [0, 0.05) is 4.88 Å². The van der Waals surface area contributed by atoms with Crippen molar-refractivity contribution in [3.63, 3.8) is 0 Å². The normalized spacial score (nSPS) is 13.2. The van der Waals surface area contributed by atoms with E-state index in [1.807, 2.05) is 11.3 Å². The van der Waals surface area contributed by atoms with Crippen LogP contribution in [0, 0.1) is 6.92 Å². The molecule has 1 unspecified atom stereocenters. The van der Waals surface area contributed by atoms with E-state index in [0.717, 1.165) is 0 Å². The second kappa shape index (κ2) is 5.36. The van der Waals surface area contributed by atoms with Crippen molar-refractivity contribution in [3.05, 3.63) is 29.3 Å². The van der Waals surface area contributed by atoms with Crippen LogP contribution in [0.1, 0.15) is 43.4 Å². The van der Waals surface area contributed by atoms with Crippen LogP contribution in [-0.2, 0) is 0 Å². The highest BCUT2D eigenvalue weighted by atomic mass is 32.1. The molecule has 0 fully saturated rings. The summed E-state index contributed by atoms with van der Waals surface area (Å²) in [5, 5.41) is 2.13. The highest BCUT2D eigenvalue weighted by Crippen LogP contribution is 2.25. The molecule has 0 amide bonds. The molecule has 0 aliphatic rings. The molecular formula is C11H17S. The Kier molecular flexibility index (Phi) is 4.37. The molecule has 1 aromatic rings. The first kappa shape index (κ1) is 9.79. The van der Waals surface area contributed by atoms with E-state index >= 15 is 0 Å². The molecular weight excluding hydrogens is 164 g/mol. The molecule has 1 atom stereocenters. The molecule has 0 spiro atoms. The zero-order valence-corrected chi connectivity index (χ0v) is 8.57. The maximum atomic E-state index is 4.16. The Balaban J connectivity index is 2.25. The fourth-order valence-electron chi connectivity index (χ4n) is 1.31. The van der Waals surface area contributed by atoms with Gasteiger partial charge in [0.15, 0.2) is 0 Å². The SMILES string of the molecule is [CH2]C(CCCCC)c1cccs1. The standard InChI is InChI=1S/C11H17S/c1-3-4-5-7-10(2)11-8-6-9-12-11/h6,8-10H,2-5,7H2,1H3. The van der Waals surface area contributed by atoms with Crippen molar-refractivity contribution >= 4 is 11.3 Å². The summed E-state index contributed by atoms with van der Waals surface area (Å²) in [5.41, 5.74) is 0. The van der Waals surface area contributed by atoms with E-state index in [2.05, 4.69) is 31.4 Å². The van der Waals surface area contributed by atoms with Gasteiger partial charge in [0.2, 0.25) is 0 Å². The van der Waals surface area contributed by atoms with E-state index in [9.17, 15) is 0 Å². The van der Waals surface area contributed by atoms with E-state index in [4.69, 9.17) is 0 Å². The summed E-state index contributed by atoms with van der Waals surface area (Å²) >= 11 is 1.83. The van der Waals surface area contributed by atoms with Crippen LogP contribution in [0.15, 0.2) is 17.5 Å². The number of hydrogen-bond donors (Lipinski definition) is 0. The van der Waals surface area contributed by atoms with Gasteiger partial charge in [0.25, 0.3) is 0 Å². The van der Waals surface area contributed by atoms with Crippen LogP contribution in [-0.4, -0.2) is 0 Å². The summed E-state index contributed by atoms with van der Waals surface area (Å²) in [7, 11) is 0. The average molecular weight is 181 g/mol. The summed E-state index contributed by atoms with van der Waals surface area (Å²) in [4.78, 5) is 1.44. The Bertz CT molecular complexity index is 189. The molecule has 1 rings (SSSR count). The maximum absolute atomic E-state index is 4.16. The molecule has 0 nitrogen and oxygen atoms in total. The smallest absolute Gasteiger partial charge is 0.00761 e. The first-order chi connectivity index (χ1) is 5.84. The summed E-state index contributed by atoms with van der Waals surface area (Å²) < 4.78 is 0. The monoisotopic (exact) mass is 181 g/mol. The molecule has 0 N–H and O–H groups in total. The number of hydrogen-bond acceptors (Lipinski definition) is 1. The van der Waals surface area contributed by atoms with Gasteiger partial charge >= 0.3 is 0 Å². The Hall–Kier alpha value is -0.300. The van der Waals surface area contributed by atoms with Crippen LogP contribution in [0.5, 0.6) is 0 Å². The van der Waals surface area contributed by atoms with Gasteiger partial charge in [-0.1, -0.05) is 32.3 Å². The Labute approximate surface area is 79.6 Å². The molecule has 0 saturated carbocycles. The average Bonchev–Trinajstić information content (AvgIpc) is 2.56. The van der Waals surface area contributed by atoms with Gasteiger partial charge < -0.3 is 0 Å². The predicted octanol–water partition coefficient (Wildman–Crippen LogP) is 4.25. The quantitative estimate of drug-likeness (QED) is 0.596. The third kappa shape index (κ3) is 2.98. The lowest BCUT2D eigenvalue weighted by molar-refractivity contribution is 0.632. The van der Waals surface area contributed by atoms with Crippen molar-refractivity contribution in [1.29, 1.82) is 0 Å². The van der Waals surface area contributed by atoms with Gasteiger partial charge in [-0.2, -0.15) is 0 Å². The number of rotatable bonds is 5. The zero-order valence-electron chi connectivity index (χ0n) is 7.75. The van der Waals surface area contributed by atoms with E-state index in [0.29, 0.717) is 5.92 Å². The number of unbranched alkanes of at least 4 members (excludes halogenated alkanes) is 2. The Morgan fingerprint density at radius 1 is 1.50 bits per heavy atom. The van der Waals surface area contributed by atoms with Crippen LogP contribution in [0.3, 0.4) is 0 Å². The molecule has 0 aliphatic heterocycles. The minimum Gasteiger partial charge on any atom is -0.149 e. The third-order valence-electron chi connectivity index (χ3n) is 2.10. The predicted molar refractivity (Wildman–Crippen MR) is 56.6 cm³/mol. The Morgan fingerprint density at radius 3 is 2.92 bits per heavy atom. The van der Waals surface area contributed by atoms with Gasteiger partial charge in [-0.3, -0.25) is 0 Å². The van der Waals surface area contributed by atoms with Crippen LogP contribution >= 0.6 is 11.3 Å². The molecule has 67 valence electrons. The van der Waals surface area contributed by atoms with Gasteiger partial charge in [-0.05, 0) is 30.7 Å². The van der Waals surface area contributed by atoms with Crippen molar-refractivity contribution in [2.45, 2.75) is 38.5 Å². The van der Waals surface area contributed by atoms with Gasteiger partial charge in [0.1, 0.15) is 0 Å². The van der Waals surface area contributed by atoms with Gasteiger partial charge in [-0.15, -0.1) is 11.3 Å². The van der Waals surface area contributed by atoms with Crippen LogP contribution in [0.2, 0.25) is 0 Å². The molecule has 0 aliphatic carbocycles. The Morgan fingerprint density at radius 2 is 2.33 bits per heavy atom. The summed E-state index contributed by atoms with van der Waals surface area (Å²) in [6.45, 7) is 6.40. The summed E-state index contributed by atoms with van der Waals surface area (Å²) in [6, 6.07) is 4.30. The molecule has 0 saturated heterocycles. The fraction of sp³-hybridized carbons (Fsp3) is 0.545. The van der Waals surface area contributed by atoms with Crippen LogP contribution in [0.25, 0.3) is 0 Å². The molecule has 1 radical (unpaired) electrons. The second-order valence-corrected chi connectivity index (χ2v) is 4.19. The first-order valence-corrected chi connectivity index (χ1v) is 5.59. The second-order valence-electron chi connectivity index (χ2n) is 3.21. The summed E-state index contributed by atoms with van der Waals surface area (Å²) in [5.74, 6) is 0.525. The molecule has 1 aromatic heterocycles. The lowest BCUT2D eigenvalue weighted by Crippen LogP contribution is -1.89. The molecule has 1 heterocycles. The first-order valence-electron chi connectivity index (χ1n) is 4.71. The molecule has 0 aromatic carbocycles. The zero-order chi connectivity index (χ0) is 8.81. The molecule has 12 heavy (non-hydrogen) atoms. The van der Waals surface area contributed by atoms with Crippen molar-refractivity contribution in [3.8, 4) is 0 Å². The van der Waals surface area contributed by atoms with Crippen molar-refractivity contribution in [2.24, 2.45) is 0 Å². The molecule has 0 bridgehead atoms. The van der Waals surface area contributed by atoms with Crippen molar-refractivity contribution in [1.82, 2.24) is 0 Å². The topological polar surface area (TPSA) is 0 Å². The third-order valence-corrected chi connectivity index (χ3v) is 3.14. The number of thiophene rings is 1. The highest BCUT2D eigenvalue weighted by molar-refractivity contribution is 7.10. The lowest BCUT2D eigenvalue weighted by atomic mass is 10.0. The van der Waals surface area contributed by atoms with E-state index in [1.54, 1.807) is 0 Å². The largest absolute Gasteiger partial charge is 0.149 e. The van der Waals surface area contributed by atoms with Crippen molar-refractivity contribution < 1.29 is 0 Å². The van der Waals surface area contributed by atoms with Crippen LogP contribution in [0.4, 0.5) is 0 Å². The lowest BCUT2D eigenvalue weighted by Gasteiger charge is -2.07. The van der Waals surface area contributed by atoms with Crippen LogP contribution < -0.4 is 0 Å². The minimum absolute atomic E-state index is 0.525. The van der Waals surface area contributed by atoms with E-state index in [-0.39, 0.29) is 0 Å².